The lowest BCUT2D eigenvalue weighted by Gasteiger charge is -2.18. The molecule has 0 N–H and O–H groups in total. The molecule has 11 aromatic rings. The Kier molecular flexibility index (Phi) is 6.02. The molecule has 0 aliphatic rings. The molecule has 0 atom stereocenters. The topological polar surface area (TPSA) is 13.1 Å². The molecule has 1 nitrogen and oxygen atoms in total. The zero-order valence-corrected chi connectivity index (χ0v) is 27.7. The van der Waals surface area contributed by atoms with Gasteiger partial charge in [0, 0.05) is 16.2 Å². The highest BCUT2D eigenvalue weighted by atomic mass is 16.3. The highest BCUT2D eigenvalue weighted by molar-refractivity contribution is 6.30. The third-order valence-electron chi connectivity index (χ3n) is 10.8. The van der Waals surface area contributed by atoms with E-state index in [1.807, 2.05) is 6.07 Å². The number of rotatable bonds is 3. The van der Waals surface area contributed by atoms with E-state index in [0.717, 1.165) is 21.9 Å². The molecule has 0 amide bonds. The molecule has 1 heteroatoms. The van der Waals surface area contributed by atoms with Crippen LogP contribution in [-0.4, -0.2) is 0 Å². The van der Waals surface area contributed by atoms with Crippen molar-refractivity contribution in [2.45, 2.75) is 0 Å². The number of para-hydroxylation sites is 1. The molecule has 1 heterocycles. The average molecular weight is 647 g/mol. The van der Waals surface area contributed by atoms with E-state index in [9.17, 15) is 0 Å². The van der Waals surface area contributed by atoms with Crippen LogP contribution in [0.5, 0.6) is 0 Å². The molecule has 0 spiro atoms. The summed E-state index contributed by atoms with van der Waals surface area (Å²) in [6.07, 6.45) is 0. The van der Waals surface area contributed by atoms with Crippen molar-refractivity contribution in [1.29, 1.82) is 0 Å². The maximum absolute atomic E-state index is 6.51. The summed E-state index contributed by atoms with van der Waals surface area (Å²) in [5.74, 6) is 0. The van der Waals surface area contributed by atoms with Crippen LogP contribution in [0.3, 0.4) is 0 Å². The SMILES string of the molecule is c1ccc2cc(-c3c4ccccc4c(-c4ccc(-c5ccc6c(c5)c5ccccc5c5c7ccccc7oc65)cc4)c4ccccc34)ccc2c1. The van der Waals surface area contributed by atoms with Gasteiger partial charge in [0.15, 0.2) is 0 Å². The van der Waals surface area contributed by atoms with E-state index in [4.69, 9.17) is 4.42 Å². The molecule has 11 rings (SSSR count). The van der Waals surface area contributed by atoms with Gasteiger partial charge in [-0.1, -0.05) is 158 Å². The second kappa shape index (κ2) is 10.9. The van der Waals surface area contributed by atoms with Crippen molar-refractivity contribution in [2.75, 3.05) is 0 Å². The number of fused-ring (bicyclic) bond motifs is 11. The van der Waals surface area contributed by atoms with E-state index in [1.54, 1.807) is 0 Å². The molecule has 51 heavy (non-hydrogen) atoms. The van der Waals surface area contributed by atoms with Crippen LogP contribution in [0.15, 0.2) is 186 Å². The molecule has 10 aromatic carbocycles. The number of hydrogen-bond donors (Lipinski definition) is 0. The van der Waals surface area contributed by atoms with Gasteiger partial charge in [0.25, 0.3) is 0 Å². The monoisotopic (exact) mass is 646 g/mol. The largest absolute Gasteiger partial charge is 0.455 e. The van der Waals surface area contributed by atoms with Crippen molar-refractivity contribution >= 4 is 75.8 Å². The van der Waals surface area contributed by atoms with Crippen LogP contribution in [0.1, 0.15) is 0 Å². The van der Waals surface area contributed by atoms with Gasteiger partial charge in [-0.3, -0.25) is 0 Å². The van der Waals surface area contributed by atoms with Crippen LogP contribution in [0.2, 0.25) is 0 Å². The van der Waals surface area contributed by atoms with Crippen molar-refractivity contribution in [2.24, 2.45) is 0 Å². The zero-order valence-electron chi connectivity index (χ0n) is 27.7. The predicted molar refractivity (Wildman–Crippen MR) is 218 cm³/mol. The van der Waals surface area contributed by atoms with Crippen molar-refractivity contribution in [3.05, 3.63) is 182 Å². The lowest BCUT2D eigenvalue weighted by Crippen LogP contribution is -1.91. The van der Waals surface area contributed by atoms with Gasteiger partial charge in [-0.05, 0) is 106 Å². The Morgan fingerprint density at radius 3 is 1.49 bits per heavy atom. The van der Waals surface area contributed by atoms with E-state index >= 15 is 0 Å². The fourth-order valence-electron chi connectivity index (χ4n) is 8.51. The molecule has 0 radical (unpaired) electrons. The Morgan fingerprint density at radius 1 is 0.275 bits per heavy atom. The molecule has 236 valence electrons. The third kappa shape index (κ3) is 4.22. The first-order chi connectivity index (χ1) is 25.3. The molecule has 0 bridgehead atoms. The Balaban J connectivity index is 1.08. The van der Waals surface area contributed by atoms with Crippen molar-refractivity contribution in [3.63, 3.8) is 0 Å². The maximum Gasteiger partial charge on any atom is 0.143 e. The normalized spacial score (nSPS) is 11.9. The van der Waals surface area contributed by atoms with Gasteiger partial charge in [-0.25, -0.2) is 0 Å². The van der Waals surface area contributed by atoms with Gasteiger partial charge < -0.3 is 4.42 Å². The van der Waals surface area contributed by atoms with E-state index in [-0.39, 0.29) is 0 Å². The highest BCUT2D eigenvalue weighted by Crippen LogP contribution is 2.45. The van der Waals surface area contributed by atoms with E-state index in [1.165, 1.54) is 87.2 Å². The van der Waals surface area contributed by atoms with Crippen molar-refractivity contribution in [1.82, 2.24) is 0 Å². The summed E-state index contributed by atoms with van der Waals surface area (Å²) < 4.78 is 6.51. The summed E-state index contributed by atoms with van der Waals surface area (Å²) in [6, 6.07) is 66.3. The second-order valence-electron chi connectivity index (χ2n) is 13.6. The quantitative estimate of drug-likeness (QED) is 0.138. The minimum atomic E-state index is 0.926. The smallest absolute Gasteiger partial charge is 0.143 e. The van der Waals surface area contributed by atoms with E-state index in [0.29, 0.717) is 0 Å². The standard InChI is InChI=1S/C50H30O/c1-2-12-34-29-36(26-23-31(34)11-1)48-41-17-7-5-15-39(41)47(40-16-6-8-18-42(40)48)33-24-21-32(22-25-33)35-27-28-43-45(30-35)37-13-3-4-14-38(37)49-44-19-9-10-20-46(44)51-50(43)49/h1-30H. The first-order valence-electron chi connectivity index (χ1n) is 17.6. The summed E-state index contributed by atoms with van der Waals surface area (Å²) in [5, 5.41) is 14.8. The summed E-state index contributed by atoms with van der Waals surface area (Å²) >= 11 is 0. The average Bonchev–Trinajstić information content (AvgIpc) is 3.60. The first kappa shape index (κ1) is 28.2. The van der Waals surface area contributed by atoms with Gasteiger partial charge in [-0.2, -0.15) is 0 Å². The summed E-state index contributed by atoms with van der Waals surface area (Å²) in [7, 11) is 0. The molecule has 1 aromatic heterocycles. The second-order valence-corrected chi connectivity index (χ2v) is 13.6. The molecular formula is C50H30O. The maximum atomic E-state index is 6.51. The lowest BCUT2D eigenvalue weighted by molar-refractivity contribution is 0.673. The summed E-state index contributed by atoms with van der Waals surface area (Å²) in [4.78, 5) is 0. The number of benzene rings is 10. The van der Waals surface area contributed by atoms with Crippen molar-refractivity contribution < 1.29 is 4.42 Å². The van der Waals surface area contributed by atoms with Crippen LogP contribution in [0.4, 0.5) is 0 Å². The van der Waals surface area contributed by atoms with Gasteiger partial charge in [0.1, 0.15) is 11.2 Å². The Morgan fingerprint density at radius 2 is 0.784 bits per heavy atom. The van der Waals surface area contributed by atoms with Crippen LogP contribution in [0.25, 0.3) is 109 Å². The van der Waals surface area contributed by atoms with Crippen LogP contribution in [0, 0.1) is 0 Å². The van der Waals surface area contributed by atoms with Gasteiger partial charge in [0.05, 0.1) is 0 Å². The van der Waals surface area contributed by atoms with Crippen molar-refractivity contribution in [3.8, 4) is 33.4 Å². The molecule has 0 saturated carbocycles. The first-order valence-corrected chi connectivity index (χ1v) is 17.6. The lowest BCUT2D eigenvalue weighted by atomic mass is 9.85. The van der Waals surface area contributed by atoms with Gasteiger partial charge in [-0.15, -0.1) is 0 Å². The van der Waals surface area contributed by atoms with Gasteiger partial charge >= 0.3 is 0 Å². The molecule has 0 aliphatic carbocycles. The summed E-state index contributed by atoms with van der Waals surface area (Å²) in [6.45, 7) is 0. The van der Waals surface area contributed by atoms with Crippen LogP contribution < -0.4 is 0 Å². The fraction of sp³-hybridized carbons (Fsp3) is 0. The number of furan rings is 1. The number of hydrogen-bond acceptors (Lipinski definition) is 1. The minimum Gasteiger partial charge on any atom is -0.455 e. The molecular weight excluding hydrogens is 617 g/mol. The van der Waals surface area contributed by atoms with E-state index in [2.05, 4.69) is 176 Å². The minimum absolute atomic E-state index is 0.926. The zero-order chi connectivity index (χ0) is 33.5. The van der Waals surface area contributed by atoms with E-state index < -0.39 is 0 Å². The third-order valence-corrected chi connectivity index (χ3v) is 10.8. The molecule has 0 unspecified atom stereocenters. The highest BCUT2D eigenvalue weighted by Gasteiger charge is 2.18. The summed E-state index contributed by atoms with van der Waals surface area (Å²) in [5.41, 5.74) is 9.28. The van der Waals surface area contributed by atoms with Crippen LogP contribution >= 0.6 is 0 Å². The predicted octanol–water partition coefficient (Wildman–Crippen LogP) is 14.4. The Labute approximate surface area is 294 Å². The molecule has 0 aliphatic heterocycles. The van der Waals surface area contributed by atoms with Gasteiger partial charge in [0.2, 0.25) is 0 Å². The Hall–Kier alpha value is -6.70. The van der Waals surface area contributed by atoms with Crippen LogP contribution in [-0.2, 0) is 0 Å². The molecule has 0 fully saturated rings. The fourth-order valence-corrected chi connectivity index (χ4v) is 8.51. The Bertz CT molecular complexity index is 3120. The molecule has 0 saturated heterocycles.